The van der Waals surface area contributed by atoms with Gasteiger partial charge in [-0.1, -0.05) is 20.8 Å². The zero-order chi connectivity index (χ0) is 27.7. The molecule has 0 aliphatic rings. The highest BCUT2D eigenvalue weighted by molar-refractivity contribution is 6.81. The average Bonchev–Trinajstić information content (AvgIpc) is 2.83. The average molecular weight is 597 g/mol. The highest BCUT2D eigenvalue weighted by atomic mass is 28.5. The molecule has 0 heterocycles. The predicted molar refractivity (Wildman–Crippen MR) is 146 cm³/mol. The smallest absolute Gasteiger partial charge is 0.438 e. The van der Waals surface area contributed by atoms with Crippen molar-refractivity contribution in [2.45, 2.75) is 103 Å². The van der Waals surface area contributed by atoms with E-state index >= 15 is 0 Å². The molecule has 0 spiro atoms. The fourth-order valence-corrected chi connectivity index (χ4v) is 19.8. The summed E-state index contributed by atoms with van der Waals surface area (Å²) in [6.45, 7) is 15.9. The minimum atomic E-state index is -4.18. The van der Waals surface area contributed by atoms with Crippen molar-refractivity contribution in [3.63, 3.8) is 0 Å². The lowest BCUT2D eigenvalue weighted by Gasteiger charge is -2.38. The van der Waals surface area contributed by atoms with E-state index in [0.29, 0.717) is 44.9 Å². The summed E-state index contributed by atoms with van der Waals surface area (Å²) in [5, 5.41) is 0. The zero-order valence-corrected chi connectivity index (χ0v) is 27.9. The van der Waals surface area contributed by atoms with Gasteiger partial charge in [-0.2, -0.15) is 13.2 Å². The number of halogens is 3. The van der Waals surface area contributed by atoms with Gasteiger partial charge in [0, 0.05) is 39.6 Å². The van der Waals surface area contributed by atoms with Crippen molar-refractivity contribution in [3.05, 3.63) is 0 Å². The van der Waals surface area contributed by atoms with Crippen LogP contribution >= 0.6 is 0 Å². The first-order valence-corrected chi connectivity index (χ1v) is 22.1. The van der Waals surface area contributed by atoms with Crippen LogP contribution < -0.4 is 0 Å². The predicted octanol–water partition coefficient (Wildman–Crippen LogP) is 6.37. The highest BCUT2D eigenvalue weighted by Gasteiger charge is 2.47. The Morgan fingerprint density at radius 3 is 1.75 bits per heavy atom. The maximum atomic E-state index is 12.3. The number of rotatable bonds is 23. The molecule has 0 bridgehead atoms. The number of ether oxygens (including phenoxy) is 1. The Balaban J connectivity index is 5.18. The molecule has 3 unspecified atom stereocenters. The molecule has 0 fully saturated rings. The molecular weight excluding hydrogens is 546 g/mol. The van der Waals surface area contributed by atoms with Crippen LogP contribution in [0.2, 0.25) is 42.8 Å². The minimum absolute atomic E-state index is 0.293. The third-order valence-electron chi connectivity index (χ3n) is 6.18. The van der Waals surface area contributed by atoms with Crippen molar-refractivity contribution in [1.82, 2.24) is 0 Å². The molecule has 0 aromatic rings. The van der Waals surface area contributed by atoms with Gasteiger partial charge >= 0.3 is 32.8 Å². The maximum Gasteiger partial charge on any atom is 0.500 e. The van der Waals surface area contributed by atoms with Crippen molar-refractivity contribution >= 4 is 35.0 Å². The van der Waals surface area contributed by atoms with Gasteiger partial charge in [0.1, 0.15) is 0 Å². The Morgan fingerprint density at radius 1 is 0.750 bits per heavy atom. The second-order valence-electron chi connectivity index (χ2n) is 8.91. The first-order valence-electron chi connectivity index (χ1n) is 13.4. The van der Waals surface area contributed by atoms with Gasteiger partial charge in [0.2, 0.25) is 0 Å². The van der Waals surface area contributed by atoms with E-state index < -0.39 is 47.6 Å². The molecule has 0 rings (SSSR count). The molecule has 0 aliphatic heterocycles. The van der Waals surface area contributed by atoms with E-state index in [0.717, 1.165) is 24.2 Å². The molecule has 0 saturated heterocycles. The lowest BCUT2D eigenvalue weighted by atomic mass is 10.4. The monoisotopic (exact) mass is 596 g/mol. The van der Waals surface area contributed by atoms with Crippen LogP contribution in [0.5, 0.6) is 0 Å². The summed E-state index contributed by atoms with van der Waals surface area (Å²) in [6, 6.07) is 4.67. The van der Waals surface area contributed by atoms with E-state index in [1.165, 1.54) is 0 Å². The largest absolute Gasteiger partial charge is 0.500 e. The summed E-state index contributed by atoms with van der Waals surface area (Å²) in [5.74, 6) is 0. The molecule has 0 aliphatic carbocycles. The molecule has 0 amide bonds. The third kappa shape index (κ3) is 14.5. The molecule has 0 aromatic heterocycles. The van der Waals surface area contributed by atoms with Crippen molar-refractivity contribution in [2.24, 2.45) is 0 Å². The van der Waals surface area contributed by atoms with Crippen LogP contribution in [-0.4, -0.2) is 81.3 Å². The van der Waals surface area contributed by atoms with E-state index in [1.807, 2.05) is 20.8 Å². The topological polar surface area (TPSA) is 64.6 Å². The lowest BCUT2D eigenvalue weighted by Crippen LogP contribution is -2.53. The number of alkyl halides is 3. The van der Waals surface area contributed by atoms with E-state index in [-0.39, 0.29) is 6.61 Å². The third-order valence-corrected chi connectivity index (χ3v) is 22.2. The standard InChI is InChI=1S/C22H51F3O7Si4/c1-9-28-36(29-10-2,30-11-3)21-20-35(14-6,26-7)32-33(12-4)31-34(8,13-5)19-15-17-27-18-16-22(23,24)25/h33H,9-21H2,1-8H3. The van der Waals surface area contributed by atoms with E-state index in [4.69, 9.17) is 30.7 Å². The zero-order valence-electron chi connectivity index (χ0n) is 23.8. The van der Waals surface area contributed by atoms with Crippen molar-refractivity contribution < 1.29 is 43.8 Å². The fourth-order valence-electron chi connectivity index (χ4n) is 3.86. The Kier molecular flexibility index (Phi) is 18.8. The highest BCUT2D eigenvalue weighted by Crippen LogP contribution is 2.30. The van der Waals surface area contributed by atoms with Crippen molar-refractivity contribution in [1.29, 1.82) is 0 Å². The first kappa shape index (κ1) is 36.4. The van der Waals surface area contributed by atoms with Gasteiger partial charge in [-0.15, -0.1) is 0 Å². The molecule has 7 nitrogen and oxygen atoms in total. The summed E-state index contributed by atoms with van der Waals surface area (Å²) >= 11 is 0. The Morgan fingerprint density at radius 2 is 1.33 bits per heavy atom. The van der Waals surface area contributed by atoms with Crippen LogP contribution in [0.1, 0.15) is 54.4 Å². The minimum Gasteiger partial charge on any atom is -0.438 e. The van der Waals surface area contributed by atoms with Gasteiger partial charge in [-0.3, -0.25) is 0 Å². The molecule has 0 saturated carbocycles. The molecule has 3 atom stereocenters. The van der Waals surface area contributed by atoms with Gasteiger partial charge in [0.25, 0.3) is 0 Å². The fraction of sp³-hybridized carbons (Fsp3) is 1.00. The van der Waals surface area contributed by atoms with E-state index in [1.54, 1.807) is 7.11 Å². The van der Waals surface area contributed by atoms with Crippen LogP contribution in [0.4, 0.5) is 13.2 Å². The summed E-state index contributed by atoms with van der Waals surface area (Å²) in [7, 11) is -7.81. The molecule has 14 heteroatoms. The normalized spacial score (nSPS) is 17.1. The molecule has 36 heavy (non-hydrogen) atoms. The quantitative estimate of drug-likeness (QED) is 0.100. The van der Waals surface area contributed by atoms with E-state index in [2.05, 4.69) is 27.3 Å². The second-order valence-corrected chi connectivity index (χ2v) is 22.7. The van der Waals surface area contributed by atoms with Gasteiger partial charge in [0.15, 0.2) is 8.32 Å². The maximum absolute atomic E-state index is 12.3. The van der Waals surface area contributed by atoms with Crippen LogP contribution in [0.25, 0.3) is 0 Å². The molecule has 0 N–H and O–H groups in total. The van der Waals surface area contributed by atoms with Crippen molar-refractivity contribution in [3.8, 4) is 0 Å². The van der Waals surface area contributed by atoms with Crippen LogP contribution in [0.3, 0.4) is 0 Å². The Hall–Kier alpha value is 0.378. The van der Waals surface area contributed by atoms with Gasteiger partial charge in [-0.05, 0) is 64.0 Å². The SMILES string of the molecule is CCO[Si](CC[Si](CC)(OC)O[SiH](CC)O[Si](C)(CC)CCCOCCC(F)(F)F)(OCC)OCC. The molecule has 0 radical (unpaired) electrons. The summed E-state index contributed by atoms with van der Waals surface area (Å²) in [6.07, 6.45) is -4.41. The van der Waals surface area contributed by atoms with Gasteiger partial charge in [-0.25, -0.2) is 0 Å². The molecular formula is C22H51F3O7Si4. The van der Waals surface area contributed by atoms with Crippen LogP contribution in [0, 0.1) is 0 Å². The van der Waals surface area contributed by atoms with Crippen molar-refractivity contribution in [2.75, 3.05) is 40.1 Å². The van der Waals surface area contributed by atoms with Crippen LogP contribution in [0.15, 0.2) is 0 Å². The molecule has 218 valence electrons. The second kappa shape index (κ2) is 18.6. The van der Waals surface area contributed by atoms with E-state index in [9.17, 15) is 13.2 Å². The van der Waals surface area contributed by atoms with Gasteiger partial charge < -0.3 is 30.7 Å². The first-order chi connectivity index (χ1) is 16.9. The number of hydrogen-bond donors (Lipinski definition) is 0. The molecule has 0 aromatic carbocycles. The van der Waals surface area contributed by atoms with Crippen LogP contribution in [-0.2, 0) is 30.7 Å². The summed E-state index contributed by atoms with van der Waals surface area (Å²) < 4.78 is 79.7. The number of hydrogen-bond acceptors (Lipinski definition) is 7. The summed E-state index contributed by atoms with van der Waals surface area (Å²) in [4.78, 5) is 0. The Bertz CT molecular complexity index is 543. The van der Waals surface area contributed by atoms with Gasteiger partial charge in [0.05, 0.1) is 13.0 Å². The summed E-state index contributed by atoms with van der Waals surface area (Å²) in [5.41, 5.74) is 0. The lowest BCUT2D eigenvalue weighted by molar-refractivity contribution is -0.145. The Labute approximate surface area is 222 Å².